The number of nitrogens with zero attached hydrogens (tertiary/aromatic N) is 4. The number of primary amides is 1. The van der Waals surface area contributed by atoms with E-state index in [0.717, 1.165) is 5.13 Å². The minimum absolute atomic E-state index is 0.0554. The molecule has 0 saturated carbocycles. The van der Waals surface area contributed by atoms with Crippen molar-refractivity contribution in [2.75, 3.05) is 36.8 Å². The third kappa shape index (κ3) is 4.42. The number of anilines is 1. The van der Waals surface area contributed by atoms with Gasteiger partial charge < -0.3 is 15.5 Å². The Morgan fingerprint density at radius 3 is 2.60 bits per heavy atom. The SMILES string of the molecule is NC(=O)CSc1nnc(N2CCN(C(=O)c3ccccc3Cl)CC2)s1. The quantitative estimate of drug-likeness (QED) is 0.772. The number of hydrogen-bond acceptors (Lipinski definition) is 7. The molecule has 0 spiro atoms. The maximum atomic E-state index is 12.6. The molecule has 7 nitrogen and oxygen atoms in total. The Morgan fingerprint density at radius 1 is 1.20 bits per heavy atom. The van der Waals surface area contributed by atoms with E-state index in [2.05, 4.69) is 15.1 Å². The summed E-state index contributed by atoms with van der Waals surface area (Å²) in [6.07, 6.45) is 0. The molecule has 0 radical (unpaired) electrons. The molecule has 1 fully saturated rings. The van der Waals surface area contributed by atoms with Crippen molar-refractivity contribution in [1.29, 1.82) is 0 Å². The Balaban J connectivity index is 1.58. The van der Waals surface area contributed by atoms with E-state index in [1.54, 1.807) is 23.1 Å². The Hall–Kier alpha value is -1.84. The van der Waals surface area contributed by atoms with Crippen LogP contribution in [0.25, 0.3) is 0 Å². The highest BCUT2D eigenvalue weighted by Gasteiger charge is 2.25. The maximum Gasteiger partial charge on any atom is 0.255 e. The molecule has 2 aromatic rings. The normalized spacial score (nSPS) is 14.6. The Bertz CT molecular complexity index is 777. The molecule has 10 heteroatoms. The number of carbonyl (C=O) groups is 2. The molecule has 25 heavy (non-hydrogen) atoms. The van der Waals surface area contributed by atoms with Crippen molar-refractivity contribution in [3.63, 3.8) is 0 Å². The zero-order valence-electron chi connectivity index (χ0n) is 13.2. The minimum atomic E-state index is -0.381. The molecule has 1 aromatic carbocycles. The summed E-state index contributed by atoms with van der Waals surface area (Å²) in [7, 11) is 0. The summed E-state index contributed by atoms with van der Waals surface area (Å²) in [5.74, 6) is -0.247. The van der Waals surface area contributed by atoms with Gasteiger partial charge in [-0.25, -0.2) is 0 Å². The summed E-state index contributed by atoms with van der Waals surface area (Å²) in [5, 5.41) is 9.47. The number of aromatic nitrogens is 2. The van der Waals surface area contributed by atoms with Crippen LogP contribution >= 0.6 is 34.7 Å². The number of rotatable bonds is 5. The van der Waals surface area contributed by atoms with Crippen LogP contribution in [0.1, 0.15) is 10.4 Å². The lowest BCUT2D eigenvalue weighted by Gasteiger charge is -2.34. The van der Waals surface area contributed by atoms with Crippen LogP contribution in [-0.2, 0) is 4.79 Å². The number of hydrogen-bond donors (Lipinski definition) is 1. The number of piperazine rings is 1. The Morgan fingerprint density at radius 2 is 1.92 bits per heavy atom. The lowest BCUT2D eigenvalue weighted by molar-refractivity contribution is -0.115. The molecule has 1 aliphatic heterocycles. The van der Waals surface area contributed by atoms with E-state index in [0.29, 0.717) is 41.1 Å². The number of benzene rings is 1. The van der Waals surface area contributed by atoms with Gasteiger partial charge in [-0.3, -0.25) is 9.59 Å². The van der Waals surface area contributed by atoms with Crippen LogP contribution in [0, 0.1) is 0 Å². The van der Waals surface area contributed by atoms with Gasteiger partial charge in [0.05, 0.1) is 16.3 Å². The van der Waals surface area contributed by atoms with E-state index in [1.165, 1.54) is 23.1 Å². The van der Waals surface area contributed by atoms with Gasteiger partial charge in [0, 0.05) is 26.2 Å². The van der Waals surface area contributed by atoms with Crippen LogP contribution in [0.2, 0.25) is 5.02 Å². The van der Waals surface area contributed by atoms with E-state index >= 15 is 0 Å². The molecule has 1 aromatic heterocycles. The van der Waals surface area contributed by atoms with Gasteiger partial charge in [0.1, 0.15) is 0 Å². The molecular weight excluding hydrogens is 382 g/mol. The first-order valence-electron chi connectivity index (χ1n) is 7.58. The van der Waals surface area contributed by atoms with Crippen LogP contribution in [-0.4, -0.2) is 58.8 Å². The molecule has 0 unspecified atom stereocenters. The van der Waals surface area contributed by atoms with Crippen LogP contribution in [0.4, 0.5) is 5.13 Å². The summed E-state index contributed by atoms with van der Waals surface area (Å²) >= 11 is 8.81. The molecule has 0 aliphatic carbocycles. The summed E-state index contributed by atoms with van der Waals surface area (Å²) in [6, 6.07) is 7.07. The van der Waals surface area contributed by atoms with Gasteiger partial charge >= 0.3 is 0 Å². The monoisotopic (exact) mass is 397 g/mol. The second-order valence-electron chi connectivity index (χ2n) is 5.36. The van der Waals surface area contributed by atoms with Crippen molar-refractivity contribution in [3.05, 3.63) is 34.9 Å². The van der Waals surface area contributed by atoms with Gasteiger partial charge in [0.25, 0.3) is 5.91 Å². The molecular formula is C15H16ClN5O2S2. The van der Waals surface area contributed by atoms with E-state index in [-0.39, 0.29) is 17.6 Å². The third-order valence-corrected chi connectivity index (χ3v) is 6.14. The first-order chi connectivity index (χ1) is 12.0. The van der Waals surface area contributed by atoms with Gasteiger partial charge in [-0.15, -0.1) is 10.2 Å². The molecule has 2 heterocycles. The van der Waals surface area contributed by atoms with Crippen LogP contribution in [0.5, 0.6) is 0 Å². The zero-order valence-corrected chi connectivity index (χ0v) is 15.6. The first kappa shape index (κ1) is 18.0. The molecule has 3 rings (SSSR count). The van der Waals surface area contributed by atoms with E-state index in [9.17, 15) is 9.59 Å². The molecule has 0 bridgehead atoms. The average molecular weight is 398 g/mol. The van der Waals surface area contributed by atoms with Gasteiger partial charge in [-0.05, 0) is 12.1 Å². The molecule has 2 amide bonds. The summed E-state index contributed by atoms with van der Waals surface area (Å²) in [4.78, 5) is 27.3. The van der Waals surface area contributed by atoms with Gasteiger partial charge in [-0.1, -0.05) is 46.8 Å². The largest absolute Gasteiger partial charge is 0.369 e. The van der Waals surface area contributed by atoms with Crippen LogP contribution < -0.4 is 10.6 Å². The van der Waals surface area contributed by atoms with Crippen molar-refractivity contribution >= 4 is 51.6 Å². The van der Waals surface area contributed by atoms with Crippen molar-refractivity contribution < 1.29 is 9.59 Å². The zero-order chi connectivity index (χ0) is 17.8. The fourth-order valence-corrected chi connectivity index (χ4v) is 4.28. The second kappa shape index (κ2) is 8.03. The van der Waals surface area contributed by atoms with Crippen molar-refractivity contribution in [2.24, 2.45) is 5.73 Å². The van der Waals surface area contributed by atoms with E-state index in [1.807, 2.05) is 6.07 Å². The summed E-state index contributed by atoms with van der Waals surface area (Å²) in [6.45, 7) is 2.53. The van der Waals surface area contributed by atoms with Crippen LogP contribution in [0.3, 0.4) is 0 Å². The first-order valence-corrected chi connectivity index (χ1v) is 9.76. The highest BCUT2D eigenvalue weighted by molar-refractivity contribution is 8.01. The topological polar surface area (TPSA) is 92.4 Å². The van der Waals surface area contributed by atoms with Crippen molar-refractivity contribution in [1.82, 2.24) is 15.1 Å². The molecule has 1 aliphatic rings. The van der Waals surface area contributed by atoms with Gasteiger partial charge in [-0.2, -0.15) is 0 Å². The van der Waals surface area contributed by atoms with Crippen LogP contribution in [0.15, 0.2) is 28.6 Å². The third-order valence-electron chi connectivity index (χ3n) is 3.68. The highest BCUT2D eigenvalue weighted by Crippen LogP contribution is 2.28. The molecule has 2 N–H and O–H groups in total. The molecule has 0 atom stereocenters. The lowest BCUT2D eigenvalue weighted by atomic mass is 10.2. The predicted octanol–water partition coefficient (Wildman–Crippen LogP) is 1.73. The van der Waals surface area contributed by atoms with Gasteiger partial charge in [0.15, 0.2) is 4.34 Å². The average Bonchev–Trinajstić information content (AvgIpc) is 3.09. The van der Waals surface area contributed by atoms with E-state index < -0.39 is 0 Å². The second-order valence-corrected chi connectivity index (χ2v) is 7.95. The van der Waals surface area contributed by atoms with Crippen molar-refractivity contribution in [3.8, 4) is 0 Å². The molecule has 1 saturated heterocycles. The molecule has 132 valence electrons. The minimum Gasteiger partial charge on any atom is -0.369 e. The number of halogens is 1. The maximum absolute atomic E-state index is 12.6. The number of thioether (sulfide) groups is 1. The summed E-state index contributed by atoms with van der Waals surface area (Å²) < 4.78 is 0.711. The fraction of sp³-hybridized carbons (Fsp3) is 0.333. The number of amides is 2. The highest BCUT2D eigenvalue weighted by atomic mass is 35.5. The van der Waals surface area contributed by atoms with Gasteiger partial charge in [0.2, 0.25) is 11.0 Å². The Labute approximate surface area is 158 Å². The van der Waals surface area contributed by atoms with Crippen molar-refractivity contribution in [2.45, 2.75) is 4.34 Å². The number of carbonyl (C=O) groups excluding carboxylic acids is 2. The fourth-order valence-electron chi connectivity index (χ4n) is 2.43. The summed E-state index contributed by atoms with van der Waals surface area (Å²) in [5.41, 5.74) is 5.66. The lowest BCUT2D eigenvalue weighted by Crippen LogP contribution is -2.48. The predicted molar refractivity (Wildman–Crippen MR) is 99.4 cm³/mol. The standard InChI is InChI=1S/C15H16ClN5O2S2/c16-11-4-2-1-3-10(11)13(23)20-5-7-21(8-6-20)14-18-19-15(25-14)24-9-12(17)22/h1-4H,5-9H2,(H2,17,22). The van der Waals surface area contributed by atoms with E-state index in [4.69, 9.17) is 17.3 Å². The Kier molecular flexibility index (Phi) is 5.77. The number of nitrogens with two attached hydrogens (primary N) is 1. The smallest absolute Gasteiger partial charge is 0.255 e.